The van der Waals surface area contributed by atoms with Gasteiger partial charge in [-0.05, 0) is 50.5 Å². The second-order valence-electron chi connectivity index (χ2n) is 9.44. The Morgan fingerprint density at radius 3 is 2.49 bits per heavy atom. The molecule has 194 valence electrons. The van der Waals surface area contributed by atoms with Crippen LogP contribution < -0.4 is 10.6 Å². The van der Waals surface area contributed by atoms with Gasteiger partial charge >= 0.3 is 12.3 Å². The average Bonchev–Trinajstić information content (AvgIpc) is 3.11. The van der Waals surface area contributed by atoms with E-state index < -0.39 is 41.1 Å². The van der Waals surface area contributed by atoms with Gasteiger partial charge in [0.1, 0.15) is 6.10 Å². The Bertz CT molecular complexity index is 1350. The van der Waals surface area contributed by atoms with Crippen LogP contribution in [0.5, 0.6) is 0 Å². The Kier molecular flexibility index (Phi) is 5.64. The Balaban J connectivity index is 1.23. The summed E-state index contributed by atoms with van der Waals surface area (Å²) in [5.41, 5.74) is -1.78. The monoisotopic (exact) mass is 519 g/mol. The van der Waals surface area contributed by atoms with Crippen molar-refractivity contribution in [1.29, 1.82) is 0 Å². The molecule has 3 fully saturated rings. The van der Waals surface area contributed by atoms with E-state index in [1.165, 1.54) is 55.3 Å². The number of nitrogens with one attached hydrogen (secondary N) is 2. The second kappa shape index (κ2) is 8.49. The fourth-order valence-corrected chi connectivity index (χ4v) is 4.92. The number of alkyl halides is 3. The average molecular weight is 519 g/mol. The van der Waals surface area contributed by atoms with Crippen LogP contribution in [0.25, 0.3) is 11.4 Å². The summed E-state index contributed by atoms with van der Waals surface area (Å²) in [6.45, 7) is 1.49. The van der Waals surface area contributed by atoms with Crippen molar-refractivity contribution in [2.45, 2.75) is 38.5 Å². The predicted molar refractivity (Wildman–Crippen MR) is 120 cm³/mol. The third-order valence-corrected chi connectivity index (χ3v) is 6.93. The van der Waals surface area contributed by atoms with E-state index in [1.807, 2.05) is 0 Å². The Labute approximate surface area is 207 Å². The van der Waals surface area contributed by atoms with Gasteiger partial charge in [0, 0.05) is 18.8 Å². The first-order valence-electron chi connectivity index (χ1n) is 11.3. The molecule has 0 aliphatic heterocycles. The van der Waals surface area contributed by atoms with Gasteiger partial charge in [0.25, 0.3) is 0 Å². The van der Waals surface area contributed by atoms with Crippen LogP contribution in [0, 0.1) is 16.8 Å². The summed E-state index contributed by atoms with van der Waals surface area (Å²) in [4.78, 5) is 32.8. The minimum Gasteiger partial charge on any atom is -0.441 e. The topological polar surface area (TPSA) is 124 Å². The summed E-state index contributed by atoms with van der Waals surface area (Å²) in [7, 11) is 1.53. The summed E-state index contributed by atoms with van der Waals surface area (Å²) in [5, 5.41) is 13.0. The lowest BCUT2D eigenvalue weighted by Gasteiger charge is -2.69. The number of hydrogen-bond donors (Lipinski definition) is 2. The molecule has 0 radical (unpaired) electrons. The van der Waals surface area contributed by atoms with E-state index in [9.17, 15) is 27.2 Å². The molecule has 3 aromatic rings. The van der Waals surface area contributed by atoms with E-state index in [1.54, 1.807) is 0 Å². The van der Waals surface area contributed by atoms with E-state index >= 15 is 0 Å². The van der Waals surface area contributed by atoms with Crippen LogP contribution in [0.2, 0.25) is 0 Å². The highest BCUT2D eigenvalue weighted by Crippen LogP contribution is 2.78. The molecule has 3 aliphatic rings. The van der Waals surface area contributed by atoms with Crippen molar-refractivity contribution in [3.05, 3.63) is 48.2 Å². The molecule has 3 aromatic heterocycles. The number of amides is 2. The van der Waals surface area contributed by atoms with Crippen molar-refractivity contribution in [1.82, 2.24) is 25.0 Å². The second-order valence-corrected chi connectivity index (χ2v) is 9.44. The maximum absolute atomic E-state index is 13.9. The maximum Gasteiger partial charge on any atom is 0.413 e. The number of ether oxygens (including phenoxy) is 1. The highest BCUT2D eigenvalue weighted by Gasteiger charge is 2.80. The number of rotatable bonds is 6. The first-order valence-corrected chi connectivity index (χ1v) is 11.3. The largest absolute Gasteiger partial charge is 0.441 e. The minimum atomic E-state index is -4.29. The van der Waals surface area contributed by atoms with Gasteiger partial charge in [0.05, 0.1) is 28.4 Å². The number of carbonyl (C=O) groups excluding carboxylic acids is 2. The number of pyridine rings is 2. The molecule has 6 rings (SSSR count). The molecule has 3 saturated carbocycles. The Morgan fingerprint density at radius 2 is 1.86 bits per heavy atom. The molecular formula is C23H21F4N7O3. The third-order valence-electron chi connectivity index (χ3n) is 6.93. The molecule has 3 aliphatic carbocycles. The number of aryl methyl sites for hydroxylation is 1. The van der Waals surface area contributed by atoms with Gasteiger partial charge in [0.2, 0.25) is 11.9 Å². The van der Waals surface area contributed by atoms with Crippen molar-refractivity contribution in [2.75, 3.05) is 10.6 Å². The van der Waals surface area contributed by atoms with Crippen LogP contribution >= 0.6 is 0 Å². The summed E-state index contributed by atoms with van der Waals surface area (Å²) in [6, 6.07) is 6.01. The Morgan fingerprint density at radius 1 is 1.14 bits per heavy atom. The third kappa shape index (κ3) is 4.15. The van der Waals surface area contributed by atoms with Crippen LogP contribution in [0.1, 0.15) is 37.9 Å². The lowest BCUT2D eigenvalue weighted by atomic mass is 9.34. The highest BCUT2D eigenvalue weighted by atomic mass is 19.4. The quantitative estimate of drug-likeness (QED) is 0.366. The molecule has 2 amide bonds. The van der Waals surface area contributed by atoms with Crippen LogP contribution in [-0.4, -0.2) is 43.1 Å². The number of aromatic nitrogens is 5. The molecule has 14 heteroatoms. The van der Waals surface area contributed by atoms with E-state index in [0.29, 0.717) is 11.4 Å². The smallest absolute Gasteiger partial charge is 0.413 e. The van der Waals surface area contributed by atoms with Crippen LogP contribution in [0.3, 0.4) is 0 Å². The standard InChI is InChI=1S/C23H21F4N7O3/c1-12(14-4-3-7-28-17(14)24)37-20(36)31-18-16(32-33-34(18)2)15-6-5-13(8-29-15)30-19(35)21-9-22(10-21,11-21)23(25,26)27/h3-8,12H,9-11H2,1-2H3,(H,30,35)(H,31,36)/t12-,21?,22?/m1/s1. The van der Waals surface area contributed by atoms with Crippen molar-refractivity contribution in [2.24, 2.45) is 17.9 Å². The zero-order valence-corrected chi connectivity index (χ0v) is 19.6. The van der Waals surface area contributed by atoms with Gasteiger partial charge in [-0.25, -0.2) is 14.5 Å². The zero-order valence-electron chi connectivity index (χ0n) is 19.6. The van der Waals surface area contributed by atoms with Crippen molar-refractivity contribution in [3.8, 4) is 11.4 Å². The predicted octanol–water partition coefficient (Wildman–Crippen LogP) is 4.39. The first-order chi connectivity index (χ1) is 17.4. The van der Waals surface area contributed by atoms with Gasteiger partial charge in [-0.15, -0.1) is 5.10 Å². The minimum absolute atomic E-state index is 0.104. The summed E-state index contributed by atoms with van der Waals surface area (Å²) in [5.74, 6) is -1.06. The number of nitrogens with zero attached hydrogens (tertiary/aromatic N) is 5. The van der Waals surface area contributed by atoms with Crippen molar-refractivity contribution in [3.63, 3.8) is 0 Å². The van der Waals surface area contributed by atoms with Crippen molar-refractivity contribution >= 4 is 23.5 Å². The van der Waals surface area contributed by atoms with Gasteiger partial charge < -0.3 is 10.1 Å². The molecule has 2 bridgehead atoms. The molecule has 0 unspecified atom stereocenters. The van der Waals surface area contributed by atoms with Crippen molar-refractivity contribution < 1.29 is 31.9 Å². The molecule has 3 heterocycles. The van der Waals surface area contributed by atoms with Crippen LogP contribution in [-0.2, 0) is 16.6 Å². The lowest BCUT2D eigenvalue weighted by Crippen LogP contribution is -2.71. The SMILES string of the molecule is C[C@@H](OC(=O)Nc1c(-c2ccc(NC(=O)C34CC(C(F)(F)F)(C3)C4)cn2)nnn1C)c1cccnc1F. The molecule has 1 atom stereocenters. The highest BCUT2D eigenvalue weighted by molar-refractivity contribution is 5.98. The summed E-state index contributed by atoms with van der Waals surface area (Å²) >= 11 is 0. The van der Waals surface area contributed by atoms with Gasteiger partial charge in [-0.1, -0.05) is 5.21 Å². The van der Waals surface area contributed by atoms with Gasteiger partial charge in [-0.3, -0.25) is 15.1 Å². The Hall–Kier alpha value is -4.10. The number of carbonyl (C=O) groups is 2. The van der Waals surface area contributed by atoms with Gasteiger partial charge in [-0.2, -0.15) is 17.6 Å². The molecule has 10 nitrogen and oxygen atoms in total. The van der Waals surface area contributed by atoms with Crippen LogP contribution in [0.15, 0.2) is 36.7 Å². The molecule has 0 aromatic carbocycles. The maximum atomic E-state index is 13.9. The molecule has 0 saturated heterocycles. The fraction of sp³-hybridized carbons (Fsp3) is 0.391. The fourth-order valence-electron chi connectivity index (χ4n) is 4.92. The molecule has 2 N–H and O–H groups in total. The van der Waals surface area contributed by atoms with E-state index in [-0.39, 0.29) is 36.3 Å². The normalized spacial score (nSPS) is 22.9. The molecular weight excluding hydrogens is 498 g/mol. The molecule has 0 spiro atoms. The number of halogens is 4. The summed E-state index contributed by atoms with van der Waals surface area (Å²) in [6.07, 6.45) is -4.08. The zero-order chi connectivity index (χ0) is 26.6. The summed E-state index contributed by atoms with van der Waals surface area (Å²) < 4.78 is 59.5. The lowest BCUT2D eigenvalue weighted by molar-refractivity contribution is -0.349. The van der Waals surface area contributed by atoms with Gasteiger partial charge in [0.15, 0.2) is 11.5 Å². The van der Waals surface area contributed by atoms with E-state index in [0.717, 1.165) is 0 Å². The van der Waals surface area contributed by atoms with E-state index in [4.69, 9.17) is 4.74 Å². The first kappa shape index (κ1) is 24.6. The van der Waals surface area contributed by atoms with Crippen LogP contribution in [0.4, 0.5) is 33.9 Å². The molecule has 37 heavy (non-hydrogen) atoms. The number of anilines is 2. The van der Waals surface area contributed by atoms with E-state index in [2.05, 4.69) is 30.9 Å². The number of hydrogen-bond acceptors (Lipinski definition) is 7.